The largest absolute Gasteiger partial charge is 0.274 e. The number of thioether (sulfide) groups is 1. The Morgan fingerprint density at radius 3 is 2.39 bits per heavy atom. The van der Waals surface area contributed by atoms with Gasteiger partial charge in [0.25, 0.3) is 0 Å². The summed E-state index contributed by atoms with van der Waals surface area (Å²) in [4.78, 5) is 0. The van der Waals surface area contributed by atoms with Crippen LogP contribution in [0.15, 0.2) is 53.7 Å². The summed E-state index contributed by atoms with van der Waals surface area (Å²) in [5.74, 6) is 0.878. The van der Waals surface area contributed by atoms with Gasteiger partial charge in [-0.25, -0.2) is 0 Å². The third-order valence-electron chi connectivity index (χ3n) is 3.71. The molecule has 0 fully saturated rings. The van der Waals surface area contributed by atoms with Crippen molar-refractivity contribution < 1.29 is 0 Å². The van der Waals surface area contributed by atoms with Crippen LogP contribution in [0, 0.1) is 13.8 Å². The van der Waals surface area contributed by atoms with Gasteiger partial charge in [0.1, 0.15) is 5.82 Å². The molecule has 0 aliphatic heterocycles. The highest BCUT2D eigenvalue weighted by Crippen LogP contribution is 2.37. The molecule has 0 aliphatic rings. The monoisotopic (exact) mass is 343 g/mol. The summed E-state index contributed by atoms with van der Waals surface area (Å²) in [5, 5.41) is 10.4. The average molecular weight is 344 g/mol. The smallest absolute Gasteiger partial charge is 0.196 e. The van der Waals surface area contributed by atoms with Crippen LogP contribution in [0.2, 0.25) is 5.02 Å². The maximum atomic E-state index is 6.31. The first kappa shape index (κ1) is 16.1. The van der Waals surface area contributed by atoms with E-state index in [0.717, 1.165) is 27.3 Å². The number of hydrogen-bond donors (Lipinski definition) is 0. The first-order chi connectivity index (χ1) is 11.1. The molecule has 2 aromatic carbocycles. The van der Waals surface area contributed by atoms with E-state index in [4.69, 9.17) is 11.6 Å². The van der Waals surface area contributed by atoms with E-state index in [2.05, 4.69) is 58.9 Å². The molecule has 0 radical (unpaired) electrons. The molecule has 1 atom stereocenters. The lowest BCUT2D eigenvalue weighted by molar-refractivity contribution is 0.861. The Bertz CT molecular complexity index is 811. The van der Waals surface area contributed by atoms with Gasteiger partial charge < -0.3 is 0 Å². The molecule has 0 bridgehead atoms. The standard InChI is InChI=1S/C18H18ClN3S/c1-12-8-10-15(11-9-12)22-14(3)20-21-18(22)23-13(2)16-6-4-5-7-17(16)19/h4-11,13H,1-3H3. The SMILES string of the molecule is Cc1ccc(-n2c(C)nnc2SC(C)c2ccccc2Cl)cc1. The van der Waals surface area contributed by atoms with Crippen molar-refractivity contribution >= 4 is 23.4 Å². The van der Waals surface area contributed by atoms with Gasteiger partial charge in [0, 0.05) is 16.0 Å². The van der Waals surface area contributed by atoms with Crippen LogP contribution in [-0.2, 0) is 0 Å². The van der Waals surface area contributed by atoms with E-state index in [1.54, 1.807) is 11.8 Å². The Balaban J connectivity index is 1.93. The normalized spacial score (nSPS) is 12.3. The van der Waals surface area contributed by atoms with Crippen molar-refractivity contribution in [1.82, 2.24) is 14.8 Å². The lowest BCUT2D eigenvalue weighted by Crippen LogP contribution is -2.00. The van der Waals surface area contributed by atoms with Gasteiger partial charge in [0.2, 0.25) is 0 Å². The predicted molar refractivity (Wildman–Crippen MR) is 96.6 cm³/mol. The Hall–Kier alpha value is -1.78. The van der Waals surface area contributed by atoms with Crippen molar-refractivity contribution in [2.75, 3.05) is 0 Å². The Morgan fingerprint density at radius 1 is 1.00 bits per heavy atom. The van der Waals surface area contributed by atoms with Crippen LogP contribution >= 0.6 is 23.4 Å². The number of hydrogen-bond acceptors (Lipinski definition) is 3. The number of nitrogens with zero attached hydrogens (tertiary/aromatic N) is 3. The molecule has 3 aromatic rings. The molecule has 1 unspecified atom stereocenters. The van der Waals surface area contributed by atoms with Crippen molar-refractivity contribution in [2.24, 2.45) is 0 Å². The van der Waals surface area contributed by atoms with Crippen LogP contribution in [-0.4, -0.2) is 14.8 Å². The summed E-state index contributed by atoms with van der Waals surface area (Å²) < 4.78 is 2.08. The van der Waals surface area contributed by atoms with E-state index >= 15 is 0 Å². The molecule has 118 valence electrons. The maximum Gasteiger partial charge on any atom is 0.196 e. The topological polar surface area (TPSA) is 30.7 Å². The predicted octanol–water partition coefficient (Wildman–Crippen LogP) is 5.39. The molecular weight excluding hydrogens is 326 g/mol. The van der Waals surface area contributed by atoms with E-state index in [0.29, 0.717) is 0 Å². The summed E-state index contributed by atoms with van der Waals surface area (Å²) in [5.41, 5.74) is 3.42. The highest BCUT2D eigenvalue weighted by molar-refractivity contribution is 7.99. The minimum atomic E-state index is 0.191. The zero-order chi connectivity index (χ0) is 16.4. The van der Waals surface area contributed by atoms with Gasteiger partial charge in [-0.3, -0.25) is 4.57 Å². The lowest BCUT2D eigenvalue weighted by atomic mass is 10.2. The van der Waals surface area contributed by atoms with Gasteiger partial charge in [0.05, 0.1) is 0 Å². The van der Waals surface area contributed by atoms with Gasteiger partial charge in [-0.1, -0.05) is 59.3 Å². The second kappa shape index (κ2) is 6.77. The number of benzene rings is 2. The minimum absolute atomic E-state index is 0.191. The van der Waals surface area contributed by atoms with E-state index in [-0.39, 0.29) is 5.25 Å². The summed E-state index contributed by atoms with van der Waals surface area (Å²) >= 11 is 7.97. The van der Waals surface area contributed by atoms with Crippen LogP contribution in [0.4, 0.5) is 0 Å². The third kappa shape index (κ3) is 3.43. The first-order valence-electron chi connectivity index (χ1n) is 7.46. The molecule has 0 spiro atoms. The van der Waals surface area contributed by atoms with Gasteiger partial charge in [-0.15, -0.1) is 10.2 Å². The third-order valence-corrected chi connectivity index (χ3v) is 5.14. The molecule has 0 N–H and O–H groups in total. The molecule has 3 nitrogen and oxygen atoms in total. The Kier molecular flexibility index (Phi) is 4.74. The number of aromatic nitrogens is 3. The molecule has 0 amide bonds. The minimum Gasteiger partial charge on any atom is -0.274 e. The van der Waals surface area contributed by atoms with Crippen LogP contribution < -0.4 is 0 Å². The molecule has 0 saturated carbocycles. The van der Waals surface area contributed by atoms with Crippen LogP contribution in [0.3, 0.4) is 0 Å². The van der Waals surface area contributed by atoms with Crippen molar-refractivity contribution in [3.8, 4) is 5.69 Å². The van der Waals surface area contributed by atoms with E-state index < -0.39 is 0 Å². The Morgan fingerprint density at radius 2 is 1.70 bits per heavy atom. The molecule has 23 heavy (non-hydrogen) atoms. The fraction of sp³-hybridized carbons (Fsp3) is 0.222. The summed E-state index contributed by atoms with van der Waals surface area (Å²) in [6.07, 6.45) is 0. The van der Waals surface area contributed by atoms with Crippen molar-refractivity contribution in [2.45, 2.75) is 31.2 Å². The van der Waals surface area contributed by atoms with Crippen molar-refractivity contribution in [1.29, 1.82) is 0 Å². The lowest BCUT2D eigenvalue weighted by Gasteiger charge is -2.14. The summed E-state index contributed by atoms with van der Waals surface area (Å²) in [6.45, 7) is 6.18. The molecular formula is C18H18ClN3S. The second-order valence-corrected chi connectivity index (χ2v) is 7.20. The fourth-order valence-corrected chi connectivity index (χ4v) is 3.88. The molecule has 3 rings (SSSR count). The number of rotatable bonds is 4. The van der Waals surface area contributed by atoms with Crippen molar-refractivity contribution in [3.63, 3.8) is 0 Å². The van der Waals surface area contributed by atoms with E-state index in [1.165, 1.54) is 5.56 Å². The second-order valence-electron chi connectivity index (χ2n) is 5.48. The van der Waals surface area contributed by atoms with Gasteiger partial charge in [-0.05, 0) is 44.5 Å². The fourth-order valence-electron chi connectivity index (χ4n) is 2.44. The van der Waals surface area contributed by atoms with Crippen LogP contribution in [0.5, 0.6) is 0 Å². The number of aryl methyl sites for hydroxylation is 2. The molecule has 1 heterocycles. The number of halogens is 1. The molecule has 1 aromatic heterocycles. The Labute approximate surface area is 145 Å². The van der Waals surface area contributed by atoms with E-state index in [9.17, 15) is 0 Å². The summed E-state index contributed by atoms with van der Waals surface area (Å²) in [6, 6.07) is 16.3. The van der Waals surface area contributed by atoms with Crippen molar-refractivity contribution in [3.05, 3.63) is 70.5 Å². The quantitative estimate of drug-likeness (QED) is 0.595. The first-order valence-corrected chi connectivity index (χ1v) is 8.72. The molecule has 5 heteroatoms. The zero-order valence-corrected chi connectivity index (χ0v) is 14.9. The zero-order valence-electron chi connectivity index (χ0n) is 13.3. The summed E-state index contributed by atoms with van der Waals surface area (Å²) in [7, 11) is 0. The van der Waals surface area contributed by atoms with Gasteiger partial charge in [0.15, 0.2) is 5.16 Å². The average Bonchev–Trinajstić information content (AvgIpc) is 2.89. The molecule has 0 saturated heterocycles. The van der Waals surface area contributed by atoms with Gasteiger partial charge >= 0.3 is 0 Å². The maximum absolute atomic E-state index is 6.31. The van der Waals surface area contributed by atoms with Crippen LogP contribution in [0.25, 0.3) is 5.69 Å². The highest BCUT2D eigenvalue weighted by Gasteiger charge is 2.17. The van der Waals surface area contributed by atoms with Gasteiger partial charge in [-0.2, -0.15) is 0 Å². The highest BCUT2D eigenvalue weighted by atomic mass is 35.5. The molecule has 0 aliphatic carbocycles. The van der Waals surface area contributed by atoms with Crippen LogP contribution in [0.1, 0.15) is 29.1 Å². The van der Waals surface area contributed by atoms with E-state index in [1.807, 2.05) is 25.1 Å².